The Morgan fingerprint density at radius 2 is 2.11 bits per heavy atom. The van der Waals surface area contributed by atoms with Crippen molar-refractivity contribution in [1.82, 2.24) is 9.97 Å². The predicted molar refractivity (Wildman–Crippen MR) is 71.0 cm³/mol. The summed E-state index contributed by atoms with van der Waals surface area (Å²) in [5.74, 6) is 1.08. The molecule has 1 aromatic heterocycles. The van der Waals surface area contributed by atoms with Crippen LogP contribution < -0.4 is 5.32 Å². The Bertz CT molecular complexity index is 436. The standard InChI is InChI=1S/C12H18ClN3O2/c1-5-18-9(17)6-14-12-8(4)10(13)15-11(16-12)7(2)3/h7H,5-6H2,1-4H3,(H,14,15,16). The molecular weight excluding hydrogens is 254 g/mol. The van der Waals surface area contributed by atoms with Crippen LogP contribution in [0.4, 0.5) is 5.82 Å². The van der Waals surface area contributed by atoms with Gasteiger partial charge in [-0.2, -0.15) is 0 Å². The van der Waals surface area contributed by atoms with Crippen molar-refractivity contribution in [1.29, 1.82) is 0 Å². The Balaban J connectivity index is 2.84. The zero-order chi connectivity index (χ0) is 13.7. The average molecular weight is 272 g/mol. The summed E-state index contributed by atoms with van der Waals surface area (Å²) >= 11 is 6.03. The topological polar surface area (TPSA) is 64.1 Å². The van der Waals surface area contributed by atoms with Gasteiger partial charge in [0.2, 0.25) is 0 Å². The van der Waals surface area contributed by atoms with Gasteiger partial charge in [0.15, 0.2) is 0 Å². The molecule has 100 valence electrons. The number of nitrogens with one attached hydrogen (secondary N) is 1. The van der Waals surface area contributed by atoms with Gasteiger partial charge in [0.1, 0.15) is 23.3 Å². The van der Waals surface area contributed by atoms with Crippen molar-refractivity contribution in [2.75, 3.05) is 18.5 Å². The summed E-state index contributed by atoms with van der Waals surface area (Å²) in [4.78, 5) is 19.8. The summed E-state index contributed by atoms with van der Waals surface area (Å²) in [6, 6.07) is 0. The van der Waals surface area contributed by atoms with Crippen LogP contribution in [0.15, 0.2) is 0 Å². The second kappa shape index (κ2) is 6.54. The summed E-state index contributed by atoms with van der Waals surface area (Å²) in [6.07, 6.45) is 0. The van der Waals surface area contributed by atoms with E-state index in [0.717, 1.165) is 5.56 Å². The maximum Gasteiger partial charge on any atom is 0.325 e. The first-order chi connectivity index (χ1) is 8.45. The molecule has 6 heteroatoms. The molecule has 0 saturated heterocycles. The minimum atomic E-state index is -0.322. The summed E-state index contributed by atoms with van der Waals surface area (Å²) in [5.41, 5.74) is 0.727. The Morgan fingerprint density at radius 1 is 1.44 bits per heavy atom. The highest BCUT2D eigenvalue weighted by atomic mass is 35.5. The summed E-state index contributed by atoms with van der Waals surface area (Å²) in [7, 11) is 0. The van der Waals surface area contributed by atoms with Gasteiger partial charge in [-0.15, -0.1) is 0 Å². The van der Waals surface area contributed by atoms with E-state index in [0.29, 0.717) is 23.4 Å². The third-order valence-corrected chi connectivity index (χ3v) is 2.69. The van der Waals surface area contributed by atoms with Crippen molar-refractivity contribution >= 4 is 23.4 Å². The van der Waals surface area contributed by atoms with E-state index in [-0.39, 0.29) is 18.4 Å². The molecule has 1 N–H and O–H groups in total. The Labute approximate surface area is 112 Å². The lowest BCUT2D eigenvalue weighted by atomic mass is 10.2. The fraction of sp³-hybridized carbons (Fsp3) is 0.583. The largest absolute Gasteiger partial charge is 0.465 e. The summed E-state index contributed by atoms with van der Waals surface area (Å²) in [5, 5.41) is 3.33. The quantitative estimate of drug-likeness (QED) is 0.659. The molecule has 0 aromatic carbocycles. The molecule has 0 amide bonds. The van der Waals surface area contributed by atoms with Gasteiger partial charge < -0.3 is 10.1 Å². The highest BCUT2D eigenvalue weighted by molar-refractivity contribution is 6.30. The van der Waals surface area contributed by atoms with Crippen LogP contribution in [0.25, 0.3) is 0 Å². The van der Waals surface area contributed by atoms with Crippen molar-refractivity contribution in [3.05, 3.63) is 16.5 Å². The van der Waals surface area contributed by atoms with Crippen LogP contribution in [-0.4, -0.2) is 29.1 Å². The van der Waals surface area contributed by atoms with Gasteiger partial charge in [-0.25, -0.2) is 9.97 Å². The first-order valence-corrected chi connectivity index (χ1v) is 6.27. The van der Waals surface area contributed by atoms with Crippen molar-refractivity contribution in [2.45, 2.75) is 33.6 Å². The van der Waals surface area contributed by atoms with Crippen molar-refractivity contribution in [3.8, 4) is 0 Å². The minimum absolute atomic E-state index is 0.0690. The zero-order valence-electron chi connectivity index (χ0n) is 11.1. The molecule has 0 fully saturated rings. The third kappa shape index (κ3) is 3.84. The molecule has 0 unspecified atom stereocenters. The van der Waals surface area contributed by atoms with Crippen LogP contribution in [0.2, 0.25) is 5.15 Å². The van der Waals surface area contributed by atoms with Crippen LogP contribution in [-0.2, 0) is 9.53 Å². The first kappa shape index (κ1) is 14.7. The lowest BCUT2D eigenvalue weighted by Gasteiger charge is -2.12. The van der Waals surface area contributed by atoms with E-state index in [1.165, 1.54) is 0 Å². The van der Waals surface area contributed by atoms with Gasteiger partial charge in [-0.05, 0) is 13.8 Å². The van der Waals surface area contributed by atoms with Gasteiger partial charge in [-0.3, -0.25) is 4.79 Å². The summed E-state index contributed by atoms with van der Waals surface area (Å²) < 4.78 is 4.83. The van der Waals surface area contributed by atoms with Crippen molar-refractivity contribution in [2.24, 2.45) is 0 Å². The van der Waals surface area contributed by atoms with E-state index < -0.39 is 0 Å². The number of halogens is 1. The van der Waals surface area contributed by atoms with Gasteiger partial charge in [-0.1, -0.05) is 25.4 Å². The number of rotatable bonds is 5. The molecule has 1 aromatic rings. The second-order valence-electron chi connectivity index (χ2n) is 4.16. The average Bonchev–Trinajstić information content (AvgIpc) is 2.31. The molecule has 5 nitrogen and oxygen atoms in total. The zero-order valence-corrected chi connectivity index (χ0v) is 11.8. The third-order valence-electron chi connectivity index (χ3n) is 2.33. The highest BCUT2D eigenvalue weighted by Crippen LogP contribution is 2.22. The Kier molecular flexibility index (Phi) is 5.34. The molecule has 0 saturated carbocycles. The molecule has 18 heavy (non-hydrogen) atoms. The number of ether oxygens (including phenoxy) is 1. The van der Waals surface area contributed by atoms with Gasteiger partial charge in [0.05, 0.1) is 6.61 Å². The minimum Gasteiger partial charge on any atom is -0.465 e. The summed E-state index contributed by atoms with van der Waals surface area (Å²) in [6.45, 7) is 7.97. The van der Waals surface area contributed by atoms with Gasteiger partial charge >= 0.3 is 5.97 Å². The predicted octanol–water partition coefficient (Wildman–Crippen LogP) is 2.54. The van der Waals surface area contributed by atoms with Crippen molar-refractivity contribution < 1.29 is 9.53 Å². The number of esters is 1. The monoisotopic (exact) mass is 271 g/mol. The van der Waals surface area contributed by atoms with Crippen LogP contribution in [0.5, 0.6) is 0 Å². The van der Waals surface area contributed by atoms with Gasteiger partial charge in [0, 0.05) is 11.5 Å². The normalized spacial score (nSPS) is 10.6. The van der Waals surface area contributed by atoms with E-state index >= 15 is 0 Å². The molecule has 1 heterocycles. The van der Waals surface area contributed by atoms with E-state index in [9.17, 15) is 4.79 Å². The highest BCUT2D eigenvalue weighted by Gasteiger charge is 2.12. The lowest BCUT2D eigenvalue weighted by molar-refractivity contribution is -0.140. The van der Waals surface area contributed by atoms with Crippen molar-refractivity contribution in [3.63, 3.8) is 0 Å². The van der Waals surface area contributed by atoms with E-state index in [4.69, 9.17) is 16.3 Å². The van der Waals surface area contributed by atoms with Crippen LogP contribution in [0.1, 0.15) is 38.1 Å². The fourth-order valence-corrected chi connectivity index (χ4v) is 1.48. The maximum absolute atomic E-state index is 11.3. The molecule has 0 aliphatic heterocycles. The van der Waals surface area contributed by atoms with E-state index in [1.54, 1.807) is 13.8 Å². The Hall–Kier alpha value is -1.36. The molecule has 0 radical (unpaired) electrons. The molecule has 1 rings (SSSR count). The molecule has 0 atom stereocenters. The molecular formula is C12H18ClN3O2. The van der Waals surface area contributed by atoms with Crippen LogP contribution in [0.3, 0.4) is 0 Å². The fourth-order valence-electron chi connectivity index (χ4n) is 1.30. The number of hydrogen-bond donors (Lipinski definition) is 1. The number of anilines is 1. The molecule has 0 aliphatic rings. The van der Waals surface area contributed by atoms with Crippen LogP contribution >= 0.6 is 11.6 Å². The molecule has 0 spiro atoms. The SMILES string of the molecule is CCOC(=O)CNc1nc(C(C)C)nc(Cl)c1C. The number of carbonyl (C=O) groups excluding carboxylic acids is 1. The Morgan fingerprint density at radius 3 is 2.67 bits per heavy atom. The van der Waals surface area contributed by atoms with E-state index in [2.05, 4.69) is 15.3 Å². The van der Waals surface area contributed by atoms with Gasteiger partial charge in [0.25, 0.3) is 0 Å². The number of aromatic nitrogens is 2. The second-order valence-corrected chi connectivity index (χ2v) is 4.52. The maximum atomic E-state index is 11.3. The van der Waals surface area contributed by atoms with E-state index in [1.807, 2.05) is 13.8 Å². The number of hydrogen-bond acceptors (Lipinski definition) is 5. The smallest absolute Gasteiger partial charge is 0.325 e. The van der Waals surface area contributed by atoms with Crippen LogP contribution in [0, 0.1) is 6.92 Å². The lowest BCUT2D eigenvalue weighted by Crippen LogP contribution is -2.18. The number of carbonyl (C=O) groups is 1. The number of nitrogens with zero attached hydrogens (tertiary/aromatic N) is 2. The molecule has 0 bridgehead atoms. The first-order valence-electron chi connectivity index (χ1n) is 5.89. The molecule has 0 aliphatic carbocycles.